The Kier molecular flexibility index (Phi) is 5.67. The summed E-state index contributed by atoms with van der Waals surface area (Å²) >= 11 is 0. The zero-order valence-corrected chi connectivity index (χ0v) is 10.3. The molecule has 0 radical (unpaired) electrons. The zero-order chi connectivity index (χ0) is 11.8. The van der Waals surface area contributed by atoms with Crippen molar-refractivity contribution >= 4 is 0 Å². The molecule has 16 heavy (non-hydrogen) atoms. The molecule has 0 aliphatic heterocycles. The van der Waals surface area contributed by atoms with Crippen molar-refractivity contribution in [1.82, 2.24) is 5.32 Å². The fourth-order valence-electron chi connectivity index (χ4n) is 1.73. The van der Waals surface area contributed by atoms with Crippen molar-refractivity contribution in [2.75, 3.05) is 6.54 Å². The third kappa shape index (κ3) is 4.51. The van der Waals surface area contributed by atoms with Crippen LogP contribution in [-0.4, -0.2) is 6.54 Å². The maximum atomic E-state index is 5.21. The second-order valence-electron chi connectivity index (χ2n) is 4.25. The Bertz CT molecular complexity index is 349. The summed E-state index contributed by atoms with van der Waals surface area (Å²) in [6, 6.07) is 9.07. The maximum Gasteiger partial charge on any atom is 0.0291 e. The van der Waals surface area contributed by atoms with Gasteiger partial charge in [-0.05, 0) is 38.8 Å². The third-order valence-corrected chi connectivity index (χ3v) is 2.74. The summed E-state index contributed by atoms with van der Waals surface area (Å²) < 4.78 is 0. The van der Waals surface area contributed by atoms with E-state index in [1.807, 2.05) is 0 Å². The average Bonchev–Trinajstić information content (AvgIpc) is 2.28. The van der Waals surface area contributed by atoms with Gasteiger partial charge in [-0.3, -0.25) is 0 Å². The maximum absolute atomic E-state index is 5.21. The van der Waals surface area contributed by atoms with Gasteiger partial charge in [0.05, 0.1) is 0 Å². The molecular formula is C15H21N. The van der Waals surface area contributed by atoms with E-state index in [4.69, 9.17) is 6.42 Å². The lowest BCUT2D eigenvalue weighted by molar-refractivity contribution is 0.549. The molecule has 0 amide bonds. The standard InChI is InChI=1S/C15H21N/c1-4-5-6-7-11-16-14(3)15-10-8-9-13(2)12-15/h1,8-10,12,14,16H,5-7,11H2,2-3H3. The molecule has 1 atom stereocenters. The van der Waals surface area contributed by atoms with Gasteiger partial charge in [-0.15, -0.1) is 12.3 Å². The van der Waals surface area contributed by atoms with Crippen LogP contribution >= 0.6 is 0 Å². The van der Waals surface area contributed by atoms with Gasteiger partial charge in [-0.1, -0.05) is 29.8 Å². The van der Waals surface area contributed by atoms with Crippen molar-refractivity contribution in [2.45, 2.75) is 39.2 Å². The van der Waals surface area contributed by atoms with E-state index in [0.29, 0.717) is 6.04 Å². The molecule has 1 heteroatoms. The van der Waals surface area contributed by atoms with E-state index in [2.05, 4.69) is 49.4 Å². The van der Waals surface area contributed by atoms with Crippen LogP contribution in [0.15, 0.2) is 24.3 Å². The first-order valence-electron chi connectivity index (χ1n) is 5.97. The van der Waals surface area contributed by atoms with Crippen LogP contribution in [0.2, 0.25) is 0 Å². The van der Waals surface area contributed by atoms with Crippen molar-refractivity contribution in [2.24, 2.45) is 0 Å². The molecule has 1 nitrogen and oxygen atoms in total. The second-order valence-corrected chi connectivity index (χ2v) is 4.25. The molecule has 1 N–H and O–H groups in total. The molecule has 0 saturated heterocycles. The van der Waals surface area contributed by atoms with E-state index in [9.17, 15) is 0 Å². The molecule has 0 bridgehead atoms. The van der Waals surface area contributed by atoms with Gasteiger partial charge in [0.25, 0.3) is 0 Å². The molecular weight excluding hydrogens is 194 g/mol. The predicted octanol–water partition coefficient (Wildman–Crippen LogP) is 3.45. The first kappa shape index (κ1) is 12.8. The lowest BCUT2D eigenvalue weighted by Crippen LogP contribution is -2.19. The largest absolute Gasteiger partial charge is 0.310 e. The summed E-state index contributed by atoms with van der Waals surface area (Å²) in [7, 11) is 0. The van der Waals surface area contributed by atoms with Gasteiger partial charge in [0.15, 0.2) is 0 Å². The van der Waals surface area contributed by atoms with Crippen molar-refractivity contribution in [3.05, 3.63) is 35.4 Å². The first-order valence-corrected chi connectivity index (χ1v) is 5.97. The normalized spacial score (nSPS) is 12.1. The van der Waals surface area contributed by atoms with E-state index < -0.39 is 0 Å². The van der Waals surface area contributed by atoms with Crippen molar-refractivity contribution in [1.29, 1.82) is 0 Å². The van der Waals surface area contributed by atoms with E-state index in [1.165, 1.54) is 11.1 Å². The number of hydrogen-bond acceptors (Lipinski definition) is 1. The monoisotopic (exact) mass is 215 g/mol. The Balaban J connectivity index is 2.30. The van der Waals surface area contributed by atoms with Gasteiger partial charge in [0.1, 0.15) is 0 Å². The smallest absolute Gasteiger partial charge is 0.0291 e. The van der Waals surface area contributed by atoms with Gasteiger partial charge >= 0.3 is 0 Å². The van der Waals surface area contributed by atoms with E-state index in [0.717, 1.165) is 25.8 Å². The highest BCUT2D eigenvalue weighted by Gasteiger charge is 2.03. The van der Waals surface area contributed by atoms with Gasteiger partial charge in [-0.25, -0.2) is 0 Å². The van der Waals surface area contributed by atoms with Crippen LogP contribution in [0.3, 0.4) is 0 Å². The summed E-state index contributed by atoms with van der Waals surface area (Å²) in [4.78, 5) is 0. The van der Waals surface area contributed by atoms with Crippen LogP contribution in [-0.2, 0) is 0 Å². The summed E-state index contributed by atoms with van der Waals surface area (Å²) in [6.45, 7) is 5.37. The van der Waals surface area contributed by atoms with Crippen molar-refractivity contribution in [3.63, 3.8) is 0 Å². The fraction of sp³-hybridized carbons (Fsp3) is 0.467. The molecule has 0 aliphatic carbocycles. The molecule has 0 saturated carbocycles. The number of unbranched alkanes of at least 4 members (excludes halogenated alkanes) is 2. The zero-order valence-electron chi connectivity index (χ0n) is 10.3. The number of aryl methyl sites for hydroxylation is 1. The summed E-state index contributed by atoms with van der Waals surface area (Å²) in [5, 5.41) is 3.52. The Morgan fingerprint density at radius 2 is 2.19 bits per heavy atom. The second kappa shape index (κ2) is 7.09. The Hall–Kier alpha value is -1.26. The molecule has 0 aliphatic rings. The number of rotatable bonds is 6. The highest BCUT2D eigenvalue weighted by molar-refractivity contribution is 5.24. The topological polar surface area (TPSA) is 12.0 Å². The van der Waals surface area contributed by atoms with Crippen LogP contribution in [0, 0.1) is 19.3 Å². The number of benzene rings is 1. The van der Waals surface area contributed by atoms with Crippen LogP contribution < -0.4 is 5.32 Å². The minimum atomic E-state index is 0.422. The molecule has 1 rings (SSSR count). The number of terminal acetylenes is 1. The molecule has 1 unspecified atom stereocenters. The summed E-state index contributed by atoms with van der Waals surface area (Å²) in [6.07, 6.45) is 8.37. The first-order chi connectivity index (χ1) is 7.74. The Morgan fingerprint density at radius 1 is 1.38 bits per heavy atom. The van der Waals surface area contributed by atoms with Crippen molar-refractivity contribution in [3.8, 4) is 12.3 Å². The lowest BCUT2D eigenvalue weighted by atomic mass is 10.1. The van der Waals surface area contributed by atoms with Gasteiger partial charge in [-0.2, -0.15) is 0 Å². The third-order valence-electron chi connectivity index (χ3n) is 2.74. The minimum absolute atomic E-state index is 0.422. The van der Waals surface area contributed by atoms with Crippen molar-refractivity contribution < 1.29 is 0 Å². The Labute approximate surface area is 99.3 Å². The number of hydrogen-bond donors (Lipinski definition) is 1. The summed E-state index contributed by atoms with van der Waals surface area (Å²) in [5.74, 6) is 2.67. The van der Waals surface area contributed by atoms with E-state index >= 15 is 0 Å². The molecule has 0 heterocycles. The van der Waals surface area contributed by atoms with Gasteiger partial charge in [0.2, 0.25) is 0 Å². The van der Waals surface area contributed by atoms with Gasteiger partial charge < -0.3 is 5.32 Å². The Morgan fingerprint density at radius 3 is 2.88 bits per heavy atom. The quantitative estimate of drug-likeness (QED) is 0.566. The molecule has 0 spiro atoms. The fourth-order valence-corrected chi connectivity index (χ4v) is 1.73. The van der Waals surface area contributed by atoms with Gasteiger partial charge in [0, 0.05) is 12.5 Å². The average molecular weight is 215 g/mol. The van der Waals surface area contributed by atoms with Crippen LogP contribution in [0.5, 0.6) is 0 Å². The molecule has 1 aromatic rings. The molecule has 0 fully saturated rings. The van der Waals surface area contributed by atoms with Crippen LogP contribution in [0.1, 0.15) is 43.4 Å². The SMILES string of the molecule is C#CCCCCNC(C)c1cccc(C)c1. The van der Waals surface area contributed by atoms with Crippen LogP contribution in [0.25, 0.3) is 0 Å². The van der Waals surface area contributed by atoms with Crippen LogP contribution in [0.4, 0.5) is 0 Å². The highest BCUT2D eigenvalue weighted by Crippen LogP contribution is 2.13. The van der Waals surface area contributed by atoms with E-state index in [-0.39, 0.29) is 0 Å². The minimum Gasteiger partial charge on any atom is -0.310 e. The predicted molar refractivity (Wildman–Crippen MR) is 70.3 cm³/mol. The number of nitrogens with one attached hydrogen (secondary N) is 1. The molecule has 1 aromatic carbocycles. The highest BCUT2D eigenvalue weighted by atomic mass is 14.9. The van der Waals surface area contributed by atoms with E-state index in [1.54, 1.807) is 0 Å². The molecule has 86 valence electrons. The molecule has 0 aromatic heterocycles. The lowest BCUT2D eigenvalue weighted by Gasteiger charge is -2.14. The summed E-state index contributed by atoms with van der Waals surface area (Å²) in [5.41, 5.74) is 2.68.